The van der Waals surface area contributed by atoms with Gasteiger partial charge in [-0.15, -0.1) is 0 Å². The van der Waals surface area contributed by atoms with E-state index in [1.807, 2.05) is 13.0 Å². The van der Waals surface area contributed by atoms with Crippen LogP contribution in [0.5, 0.6) is 17.2 Å². The van der Waals surface area contributed by atoms with Crippen molar-refractivity contribution in [2.75, 3.05) is 26.6 Å². The molecule has 2 heterocycles. The van der Waals surface area contributed by atoms with E-state index >= 15 is 0 Å². The van der Waals surface area contributed by atoms with E-state index in [-0.39, 0.29) is 17.3 Å². The molecule has 0 atom stereocenters. The van der Waals surface area contributed by atoms with Crippen molar-refractivity contribution >= 4 is 30.0 Å². The average molecular weight is 455 g/mol. The van der Waals surface area contributed by atoms with E-state index in [4.69, 9.17) is 18.9 Å². The first-order chi connectivity index (χ1) is 15.8. The normalized spacial score (nSPS) is 14.6. The van der Waals surface area contributed by atoms with Crippen LogP contribution in [-0.2, 0) is 4.74 Å². The molecule has 0 unspecified atom stereocenters. The summed E-state index contributed by atoms with van der Waals surface area (Å²) < 4.78 is 23.3. The molecule has 10 heteroatoms. The first-order valence-electron chi connectivity index (χ1n) is 9.99. The predicted octanol–water partition coefficient (Wildman–Crippen LogP) is 2.83. The molecule has 1 aliphatic rings. The number of hydroxylamine groups is 2. The number of anilines is 1. The number of ether oxygens (including phenoxy) is 4. The highest BCUT2D eigenvalue weighted by Gasteiger charge is 2.16. The minimum atomic E-state index is -0.176. The van der Waals surface area contributed by atoms with Gasteiger partial charge in [0, 0.05) is 47.2 Å². The molecule has 0 radical (unpaired) electrons. The number of methoxy groups -OCH3 is 3. The largest absolute Gasteiger partial charge is 0.734 e. The van der Waals surface area contributed by atoms with Crippen LogP contribution in [0, 0.1) is 5.21 Å². The molecule has 0 saturated heterocycles. The predicted molar refractivity (Wildman–Crippen MR) is 126 cm³/mol. The summed E-state index contributed by atoms with van der Waals surface area (Å²) in [6, 6.07) is 5.41. The number of nitrogens with one attached hydrogen (secondary N) is 1. The lowest BCUT2D eigenvalue weighted by molar-refractivity contribution is -0.0114. The summed E-state index contributed by atoms with van der Waals surface area (Å²) in [6.45, 7) is 7.53. The number of hydrogen-bond acceptors (Lipinski definition) is 8. The zero-order chi connectivity index (χ0) is 24.1. The highest BCUT2D eigenvalue weighted by Crippen LogP contribution is 2.39. The van der Waals surface area contributed by atoms with Crippen LogP contribution in [0.15, 0.2) is 47.1 Å². The molecular formula is C23H27N4O6-. The van der Waals surface area contributed by atoms with Crippen LogP contribution in [0.25, 0.3) is 18.5 Å². The van der Waals surface area contributed by atoms with Crippen LogP contribution in [-0.4, -0.2) is 42.2 Å². The van der Waals surface area contributed by atoms with Crippen LogP contribution >= 0.6 is 0 Å². The van der Waals surface area contributed by atoms with Crippen molar-refractivity contribution in [3.63, 3.8) is 0 Å². The average Bonchev–Trinajstić information content (AvgIpc) is 3.17. The smallest absolute Gasteiger partial charge is 0.203 e. The molecule has 0 fully saturated rings. The van der Waals surface area contributed by atoms with Gasteiger partial charge in [-0.2, -0.15) is 0 Å². The number of allylic oxidation sites excluding steroid dienone is 2. The van der Waals surface area contributed by atoms with E-state index in [1.54, 1.807) is 57.3 Å². The summed E-state index contributed by atoms with van der Waals surface area (Å²) >= 11 is 0. The summed E-state index contributed by atoms with van der Waals surface area (Å²) in [5, 5.41) is 25.1. The topological polar surface area (TPSA) is 113 Å². The van der Waals surface area contributed by atoms with Crippen molar-refractivity contribution in [1.82, 2.24) is 9.79 Å². The van der Waals surface area contributed by atoms with Gasteiger partial charge in [0.05, 0.1) is 32.7 Å². The van der Waals surface area contributed by atoms with E-state index in [0.717, 1.165) is 10.9 Å². The number of amidine groups is 1. The number of hydrogen-bond donors (Lipinski definition) is 2. The molecule has 33 heavy (non-hydrogen) atoms. The molecule has 1 aromatic heterocycles. The van der Waals surface area contributed by atoms with Crippen molar-refractivity contribution in [3.05, 3.63) is 57.9 Å². The maximum Gasteiger partial charge on any atom is 0.203 e. The number of nitrogens with zero attached hydrogens (tertiary/aromatic N) is 3. The number of aromatic nitrogens is 1. The summed E-state index contributed by atoms with van der Waals surface area (Å²) in [7, 11) is 4.66. The fraction of sp³-hybridized carbons (Fsp3) is 0.261. The Morgan fingerprint density at radius 1 is 1.27 bits per heavy atom. The van der Waals surface area contributed by atoms with Crippen molar-refractivity contribution in [1.29, 1.82) is 0 Å². The Kier molecular flexibility index (Phi) is 7.31. The highest BCUT2D eigenvalue weighted by atomic mass is 16.8. The van der Waals surface area contributed by atoms with E-state index in [9.17, 15) is 10.4 Å². The van der Waals surface area contributed by atoms with Gasteiger partial charge in [0.15, 0.2) is 11.5 Å². The molecule has 10 nitrogen and oxygen atoms in total. The lowest BCUT2D eigenvalue weighted by Gasteiger charge is -2.29. The Morgan fingerprint density at radius 2 is 1.94 bits per heavy atom. The van der Waals surface area contributed by atoms with Gasteiger partial charge in [0.1, 0.15) is 17.9 Å². The van der Waals surface area contributed by atoms with Crippen LogP contribution in [0.4, 0.5) is 5.69 Å². The van der Waals surface area contributed by atoms with Crippen molar-refractivity contribution in [2.24, 2.45) is 4.99 Å². The Bertz CT molecular complexity index is 1200. The van der Waals surface area contributed by atoms with E-state index in [2.05, 4.69) is 16.9 Å². The second-order valence-electron chi connectivity index (χ2n) is 7.15. The molecule has 1 aliphatic heterocycles. The lowest BCUT2D eigenvalue weighted by Crippen LogP contribution is -2.28. The van der Waals surface area contributed by atoms with Crippen molar-refractivity contribution < 1.29 is 24.2 Å². The Hall–Kier alpha value is -3.89. The maximum absolute atomic E-state index is 11.3. The van der Waals surface area contributed by atoms with Crippen LogP contribution in [0.1, 0.15) is 20.3 Å². The summed E-state index contributed by atoms with van der Waals surface area (Å²) in [6.07, 6.45) is 5.21. The first kappa shape index (κ1) is 23.8. The third-order valence-electron chi connectivity index (χ3n) is 5.08. The Balaban J connectivity index is 1.83. The number of rotatable bonds is 7. The second kappa shape index (κ2) is 10.2. The molecule has 0 aliphatic carbocycles. The van der Waals surface area contributed by atoms with E-state index in [1.165, 1.54) is 6.26 Å². The monoisotopic (exact) mass is 455 g/mol. The van der Waals surface area contributed by atoms with Crippen molar-refractivity contribution in [3.8, 4) is 17.2 Å². The quantitative estimate of drug-likeness (QED) is 0.372. The van der Waals surface area contributed by atoms with Gasteiger partial charge in [-0.1, -0.05) is 6.58 Å². The third-order valence-corrected chi connectivity index (χ3v) is 5.08. The fourth-order valence-electron chi connectivity index (χ4n) is 3.33. The molecule has 1 aromatic carbocycles. The molecule has 3 rings (SSSR count). The number of benzene rings is 1. The molecule has 2 aromatic rings. The molecule has 0 saturated carbocycles. The summed E-state index contributed by atoms with van der Waals surface area (Å²) in [5.41, 5.74) is 1.51. The summed E-state index contributed by atoms with van der Waals surface area (Å²) in [5.74, 6) is 2.53. The zero-order valence-corrected chi connectivity index (χ0v) is 19.2. The first-order valence-corrected chi connectivity index (χ1v) is 9.99. The van der Waals surface area contributed by atoms with Crippen LogP contribution < -0.4 is 30.1 Å². The Morgan fingerprint density at radius 3 is 2.52 bits per heavy atom. The Labute approximate surface area is 191 Å². The zero-order valence-electron chi connectivity index (χ0n) is 19.2. The minimum Gasteiger partial charge on any atom is -0.734 e. The molecule has 2 N–H and O–H groups in total. The molecular weight excluding hydrogens is 428 g/mol. The SMILES string of the molecule is C=c1/c(=C\N=C(C)Nc2cc(OC)c(OC)c(OC)c2)ccn1C1=COC(C)=C(N([O-])O)C1. The van der Waals surface area contributed by atoms with Gasteiger partial charge in [-0.05, 0) is 19.9 Å². The van der Waals surface area contributed by atoms with Gasteiger partial charge in [0.25, 0.3) is 0 Å². The van der Waals surface area contributed by atoms with Gasteiger partial charge < -0.3 is 39.3 Å². The lowest BCUT2D eigenvalue weighted by atomic mass is 10.2. The third kappa shape index (κ3) is 5.13. The number of aliphatic imine (C=N–C) groups is 1. The molecule has 0 bridgehead atoms. The second-order valence-corrected chi connectivity index (χ2v) is 7.15. The van der Waals surface area contributed by atoms with Crippen LogP contribution in [0.2, 0.25) is 0 Å². The highest BCUT2D eigenvalue weighted by molar-refractivity contribution is 5.95. The molecule has 0 amide bonds. The van der Waals surface area contributed by atoms with Gasteiger partial charge >= 0.3 is 0 Å². The van der Waals surface area contributed by atoms with Gasteiger partial charge in [-0.25, -0.2) is 4.99 Å². The van der Waals surface area contributed by atoms with Crippen LogP contribution in [0.3, 0.4) is 0 Å². The molecule has 0 spiro atoms. The van der Waals surface area contributed by atoms with Gasteiger partial charge in [0.2, 0.25) is 5.75 Å². The minimum absolute atomic E-state index is 0.134. The fourth-order valence-corrected chi connectivity index (χ4v) is 3.33. The summed E-state index contributed by atoms with van der Waals surface area (Å²) in [4.78, 5) is 4.47. The standard InChI is InChI=1S/C23H27N4O6/c1-14-17(7-8-26(14)19-11-20(27(28)29)15(2)33-13-19)12-24-16(3)25-18-9-21(30-4)23(32-6)22(10-18)31-5/h7-10,12-13,28H,1,11H2,2-6H3,(H,24,25)/q-1/b17-12-. The van der Waals surface area contributed by atoms with E-state index in [0.29, 0.717) is 39.9 Å². The van der Waals surface area contributed by atoms with Crippen molar-refractivity contribution in [2.45, 2.75) is 20.3 Å². The van der Waals surface area contributed by atoms with Gasteiger partial charge in [-0.3, -0.25) is 5.21 Å². The molecule has 176 valence electrons. The maximum atomic E-state index is 11.3. The van der Waals surface area contributed by atoms with E-state index < -0.39 is 0 Å².